The summed E-state index contributed by atoms with van der Waals surface area (Å²) in [6.45, 7) is 0. The van der Waals surface area contributed by atoms with E-state index in [4.69, 9.17) is 15.9 Å². The number of hydrogen-bond acceptors (Lipinski definition) is 6. The largest absolute Gasteiger partial charge is 2.00 e. The van der Waals surface area contributed by atoms with Crippen LogP contribution in [0, 0.1) is 0 Å². The van der Waals surface area contributed by atoms with Crippen molar-refractivity contribution in [1.82, 2.24) is 0 Å². The van der Waals surface area contributed by atoms with Gasteiger partial charge in [0.05, 0.1) is 0 Å². The Hall–Kier alpha value is 1.82. The Morgan fingerprint density at radius 2 is 0.889 bits per heavy atom. The van der Waals surface area contributed by atoms with E-state index in [-0.39, 0.29) is 65.5 Å². The van der Waals surface area contributed by atoms with Gasteiger partial charge in [0.15, 0.2) is 0 Å². The van der Waals surface area contributed by atoms with E-state index in [9.17, 15) is 0 Å². The third-order valence-electron chi connectivity index (χ3n) is 0. The molecular weight excluding hydrogens is 562 g/mol. The Labute approximate surface area is 94.0 Å². The van der Waals surface area contributed by atoms with Crippen LogP contribution < -0.4 is 8.32 Å². The first-order valence-electron chi connectivity index (χ1n) is 0.667. The van der Waals surface area contributed by atoms with Gasteiger partial charge in [-0.2, -0.15) is 0 Å². The molecule has 0 aromatic rings. The fraction of sp³-hybridized carbons (Fsp3) is 0. The Kier molecular flexibility index (Phi) is 42.8. The van der Waals surface area contributed by atoms with Crippen LogP contribution >= 0.6 is 0 Å². The van der Waals surface area contributed by atoms with Crippen molar-refractivity contribution >= 4 is 54.6 Å². The first-order chi connectivity index (χ1) is 2.00. The van der Waals surface area contributed by atoms with Gasteiger partial charge in [0.2, 0.25) is 0 Å². The van der Waals surface area contributed by atoms with Gasteiger partial charge in [-0.05, 0) is 0 Å². The molecule has 0 saturated heterocycles. The first-order valence-corrected chi connectivity index (χ1v) is 2.75. The van der Waals surface area contributed by atoms with Crippen molar-refractivity contribution in [1.29, 1.82) is 0 Å². The van der Waals surface area contributed by atoms with Gasteiger partial charge in [0.1, 0.15) is 0 Å². The zero-order chi connectivity index (χ0) is 4.50. The van der Waals surface area contributed by atoms with Crippen LogP contribution in [-0.2, 0) is 21.2 Å². The average Bonchev–Trinajstić information content (AvgIpc) is 0.722. The van der Waals surface area contributed by atoms with Gasteiger partial charge in [-0.15, -0.1) is 0 Å². The molecule has 0 aliphatic rings. The van der Waals surface area contributed by atoms with E-state index in [2.05, 4.69) is 0 Å². The molecule has 0 atom stereocenters. The van der Waals surface area contributed by atoms with Gasteiger partial charge in [-0.25, -0.2) is 0 Å². The Morgan fingerprint density at radius 1 is 0.889 bits per heavy atom. The van der Waals surface area contributed by atoms with Crippen molar-refractivity contribution in [2.24, 2.45) is 0 Å². The van der Waals surface area contributed by atoms with E-state index in [0.717, 1.165) is 0 Å². The van der Waals surface area contributed by atoms with E-state index < -0.39 is 13.6 Å². The van der Waals surface area contributed by atoms with Crippen molar-refractivity contribution in [2.75, 3.05) is 0 Å². The van der Waals surface area contributed by atoms with E-state index >= 15 is 0 Å². The summed E-state index contributed by atoms with van der Waals surface area (Å²) in [6, 6.07) is 0. The zero-order valence-corrected chi connectivity index (χ0v) is 13.0. The molecule has 0 heterocycles. The molecular formula is H2CrO6Pb2. The molecule has 0 aromatic carbocycles. The Morgan fingerprint density at radius 3 is 0.889 bits per heavy atom. The molecule has 2 N–H and O–H groups in total. The summed E-state index contributed by atoms with van der Waals surface area (Å²) < 4.78 is 34.4. The molecule has 4 radical (unpaired) electrons. The van der Waals surface area contributed by atoms with Gasteiger partial charge in [-0.3, -0.25) is 0 Å². The molecule has 9 heteroatoms. The SMILES string of the molecule is [OH-].[OH-].[O]=[Cr](=[O])([O-])[O-].[Pb+2].[Pb+2]. The maximum atomic E-state index is 8.59. The zero-order valence-electron chi connectivity index (χ0n) is 3.94. The van der Waals surface area contributed by atoms with E-state index in [0.29, 0.717) is 0 Å². The molecule has 9 heavy (non-hydrogen) atoms. The summed E-state index contributed by atoms with van der Waals surface area (Å²) in [5.74, 6) is 0. The van der Waals surface area contributed by atoms with Crippen LogP contribution in [0.1, 0.15) is 0 Å². The van der Waals surface area contributed by atoms with Gasteiger partial charge in [0.25, 0.3) is 0 Å². The minimum Gasteiger partial charge on any atom is 2.00 e. The molecule has 0 fully saturated rings. The summed E-state index contributed by atoms with van der Waals surface area (Å²) in [6.07, 6.45) is 0. The molecule has 52 valence electrons. The Bertz CT molecular complexity index is 94.2. The standard InChI is InChI=1S/Cr.2H2O.4O.2Pb/h;2*1H2;;;;;;/q;;;;;2*-1;2*+2/p-2. The summed E-state index contributed by atoms with van der Waals surface area (Å²) in [7, 11) is 0. The van der Waals surface area contributed by atoms with Gasteiger partial charge < -0.3 is 11.0 Å². The minimum absolute atomic E-state index is 0. The van der Waals surface area contributed by atoms with Crippen molar-refractivity contribution in [2.45, 2.75) is 0 Å². The molecule has 0 aromatic heterocycles. The second-order valence-corrected chi connectivity index (χ2v) is 1.68. The first kappa shape index (κ1) is 30.8. The molecule has 0 spiro atoms. The van der Waals surface area contributed by atoms with Crippen LogP contribution in [0.15, 0.2) is 0 Å². The van der Waals surface area contributed by atoms with E-state index in [1.807, 2.05) is 0 Å². The third kappa shape index (κ3) is 182. The maximum absolute atomic E-state index is 8.59. The summed E-state index contributed by atoms with van der Waals surface area (Å²) in [5, 5.41) is 0. The fourth-order valence-corrected chi connectivity index (χ4v) is 0. The quantitative estimate of drug-likeness (QED) is 0.277. The molecule has 0 saturated carbocycles. The summed E-state index contributed by atoms with van der Waals surface area (Å²) in [5.41, 5.74) is 0. The van der Waals surface area contributed by atoms with E-state index in [1.165, 1.54) is 0 Å². The van der Waals surface area contributed by atoms with E-state index in [1.54, 1.807) is 0 Å². The fourth-order valence-electron chi connectivity index (χ4n) is 0. The van der Waals surface area contributed by atoms with Crippen LogP contribution in [0.4, 0.5) is 0 Å². The topological polar surface area (TPSA) is 140 Å². The molecule has 0 aliphatic carbocycles. The molecule has 6 nitrogen and oxygen atoms in total. The second kappa shape index (κ2) is 12.5. The van der Waals surface area contributed by atoms with Gasteiger partial charge >= 0.3 is 84.1 Å². The van der Waals surface area contributed by atoms with Gasteiger partial charge in [0, 0.05) is 0 Å². The average molecular weight is 564 g/mol. The monoisotopic (exact) mass is 566 g/mol. The Balaban J connectivity index is -0.0000000133. The predicted molar refractivity (Wildman–Crippen MR) is 16.8 cm³/mol. The van der Waals surface area contributed by atoms with Gasteiger partial charge in [-0.1, -0.05) is 0 Å². The summed E-state index contributed by atoms with van der Waals surface area (Å²) >= 11 is -5.75. The maximum Gasteiger partial charge on any atom is 2.00 e. The minimum atomic E-state index is -5.75. The molecule has 0 aliphatic heterocycles. The van der Waals surface area contributed by atoms with Crippen molar-refractivity contribution in [3.05, 3.63) is 0 Å². The smallest absolute Gasteiger partial charge is 2.00 e. The molecule has 0 rings (SSSR count). The van der Waals surface area contributed by atoms with Crippen molar-refractivity contribution < 1.29 is 40.5 Å². The van der Waals surface area contributed by atoms with Crippen LogP contribution in [0.25, 0.3) is 0 Å². The van der Waals surface area contributed by atoms with Crippen molar-refractivity contribution in [3.63, 3.8) is 0 Å². The summed E-state index contributed by atoms with van der Waals surface area (Å²) in [4.78, 5) is 0. The molecule has 0 unspecified atom stereocenters. The van der Waals surface area contributed by atoms with Crippen LogP contribution in [0.2, 0.25) is 0 Å². The normalized spacial score (nSPS) is 6.44. The van der Waals surface area contributed by atoms with Crippen molar-refractivity contribution in [3.8, 4) is 0 Å². The molecule has 0 bridgehead atoms. The second-order valence-electron chi connectivity index (χ2n) is 0.408. The van der Waals surface area contributed by atoms with Crippen LogP contribution in [-0.4, -0.2) is 65.5 Å². The number of hydrogen-bond donors (Lipinski definition) is 0. The van der Waals surface area contributed by atoms with Crippen LogP contribution in [0.3, 0.4) is 0 Å². The van der Waals surface area contributed by atoms with Crippen LogP contribution in [0.5, 0.6) is 0 Å². The molecule has 0 amide bonds. The predicted octanol–water partition coefficient (Wildman–Crippen LogP) is -3.73. The number of rotatable bonds is 0. The third-order valence-corrected chi connectivity index (χ3v) is 0.